The normalized spacial score (nSPS) is 14.1. The Hall–Kier alpha value is -2.64. The maximum absolute atomic E-state index is 6.10. The van der Waals surface area contributed by atoms with E-state index in [1.54, 1.807) is 23.1 Å². The van der Waals surface area contributed by atoms with Gasteiger partial charge in [-0.15, -0.1) is 21.5 Å². The summed E-state index contributed by atoms with van der Waals surface area (Å²) in [6.45, 7) is 5.06. The Labute approximate surface area is 203 Å². The van der Waals surface area contributed by atoms with Gasteiger partial charge in [-0.05, 0) is 69.9 Å². The van der Waals surface area contributed by atoms with E-state index in [4.69, 9.17) is 9.72 Å². The number of hydrogen-bond acceptors (Lipinski definition) is 6. The summed E-state index contributed by atoms with van der Waals surface area (Å²) < 4.78 is 8.27. The third-order valence-corrected chi connectivity index (χ3v) is 7.86. The third-order valence-electron chi connectivity index (χ3n) is 5.92. The summed E-state index contributed by atoms with van der Waals surface area (Å²) in [7, 11) is 0. The molecular formula is C26H28N4OS2. The van der Waals surface area contributed by atoms with Crippen molar-refractivity contribution < 1.29 is 4.74 Å². The summed E-state index contributed by atoms with van der Waals surface area (Å²) in [4.78, 5) is 4.84. The van der Waals surface area contributed by atoms with Crippen molar-refractivity contribution in [1.82, 2.24) is 19.7 Å². The second-order valence-electron chi connectivity index (χ2n) is 8.40. The highest BCUT2D eigenvalue weighted by Crippen LogP contribution is 2.31. The van der Waals surface area contributed by atoms with Crippen molar-refractivity contribution in [2.75, 3.05) is 0 Å². The van der Waals surface area contributed by atoms with Crippen LogP contribution in [0.2, 0.25) is 0 Å². The fourth-order valence-electron chi connectivity index (χ4n) is 4.20. The summed E-state index contributed by atoms with van der Waals surface area (Å²) in [5.41, 5.74) is 4.56. The predicted molar refractivity (Wildman–Crippen MR) is 136 cm³/mol. The van der Waals surface area contributed by atoms with Crippen LogP contribution in [-0.2, 0) is 12.3 Å². The van der Waals surface area contributed by atoms with Crippen LogP contribution in [-0.4, -0.2) is 25.9 Å². The van der Waals surface area contributed by atoms with Crippen LogP contribution in [0, 0.1) is 6.92 Å². The van der Waals surface area contributed by atoms with E-state index in [-0.39, 0.29) is 0 Å². The van der Waals surface area contributed by atoms with Gasteiger partial charge < -0.3 is 9.30 Å². The molecule has 1 saturated carbocycles. The Morgan fingerprint density at radius 2 is 1.88 bits per heavy atom. The zero-order valence-electron chi connectivity index (χ0n) is 19.0. The molecule has 7 heteroatoms. The van der Waals surface area contributed by atoms with Crippen LogP contribution < -0.4 is 4.74 Å². The molecule has 170 valence electrons. The van der Waals surface area contributed by atoms with Gasteiger partial charge in [0, 0.05) is 28.8 Å². The number of benzene rings is 2. The van der Waals surface area contributed by atoms with Gasteiger partial charge in [0.25, 0.3) is 0 Å². The monoisotopic (exact) mass is 476 g/mol. The molecule has 0 atom stereocenters. The molecule has 2 aromatic carbocycles. The highest BCUT2D eigenvalue weighted by molar-refractivity contribution is 7.98. The molecule has 2 aromatic heterocycles. The number of nitrogens with zero attached hydrogens (tertiary/aromatic N) is 4. The van der Waals surface area contributed by atoms with Crippen molar-refractivity contribution in [3.8, 4) is 27.7 Å². The highest BCUT2D eigenvalue weighted by atomic mass is 32.2. The molecule has 5 rings (SSSR count). The minimum Gasteiger partial charge on any atom is -0.490 e. The van der Waals surface area contributed by atoms with E-state index >= 15 is 0 Å². The molecular weight excluding hydrogens is 448 g/mol. The number of thioether (sulfide) groups is 1. The van der Waals surface area contributed by atoms with Crippen molar-refractivity contribution in [1.29, 1.82) is 0 Å². The van der Waals surface area contributed by atoms with E-state index in [9.17, 15) is 0 Å². The van der Waals surface area contributed by atoms with Gasteiger partial charge in [-0.25, -0.2) is 4.98 Å². The van der Waals surface area contributed by atoms with Crippen LogP contribution >= 0.6 is 23.1 Å². The van der Waals surface area contributed by atoms with E-state index < -0.39 is 0 Å². The molecule has 0 unspecified atom stereocenters. The molecule has 0 spiro atoms. The van der Waals surface area contributed by atoms with Crippen molar-refractivity contribution >= 4 is 23.1 Å². The Morgan fingerprint density at radius 1 is 1.06 bits per heavy atom. The van der Waals surface area contributed by atoms with Gasteiger partial charge >= 0.3 is 0 Å². The van der Waals surface area contributed by atoms with Gasteiger partial charge in [-0.2, -0.15) is 0 Å². The Morgan fingerprint density at radius 3 is 2.64 bits per heavy atom. The average Bonchev–Trinajstić information content (AvgIpc) is 3.59. The number of aryl methyl sites for hydroxylation is 1. The molecule has 5 nitrogen and oxygen atoms in total. The first-order chi connectivity index (χ1) is 16.2. The first-order valence-corrected chi connectivity index (χ1v) is 13.4. The van der Waals surface area contributed by atoms with Crippen LogP contribution in [0.15, 0.2) is 59.1 Å². The van der Waals surface area contributed by atoms with E-state index in [0.717, 1.165) is 58.1 Å². The quantitative estimate of drug-likeness (QED) is 0.256. The van der Waals surface area contributed by atoms with Crippen molar-refractivity contribution in [2.24, 2.45) is 0 Å². The molecule has 1 fully saturated rings. The molecule has 1 aliphatic rings. The molecule has 1 aliphatic carbocycles. The number of aromatic nitrogens is 4. The fourth-order valence-corrected chi connectivity index (χ4v) is 6.01. The van der Waals surface area contributed by atoms with Crippen molar-refractivity contribution in [3.05, 3.63) is 65.2 Å². The molecule has 33 heavy (non-hydrogen) atoms. The van der Waals surface area contributed by atoms with Crippen LogP contribution in [0.4, 0.5) is 0 Å². The van der Waals surface area contributed by atoms with E-state index in [2.05, 4.69) is 82.5 Å². The minimum atomic E-state index is 0.371. The molecule has 0 radical (unpaired) electrons. The van der Waals surface area contributed by atoms with Crippen molar-refractivity contribution in [3.63, 3.8) is 0 Å². The maximum Gasteiger partial charge on any atom is 0.191 e. The Kier molecular flexibility index (Phi) is 6.78. The topological polar surface area (TPSA) is 52.8 Å². The van der Waals surface area contributed by atoms with Gasteiger partial charge in [0.05, 0.1) is 11.8 Å². The number of ether oxygens (including phenoxy) is 1. The number of hydrogen-bond donors (Lipinski definition) is 0. The van der Waals surface area contributed by atoms with Gasteiger partial charge in [0.15, 0.2) is 11.0 Å². The lowest BCUT2D eigenvalue weighted by Gasteiger charge is -2.13. The highest BCUT2D eigenvalue weighted by Gasteiger charge is 2.17. The maximum atomic E-state index is 6.10. The molecule has 4 aromatic rings. The Bertz CT molecular complexity index is 1210. The van der Waals surface area contributed by atoms with E-state index in [1.807, 2.05) is 0 Å². The molecule has 0 saturated heterocycles. The van der Waals surface area contributed by atoms with Gasteiger partial charge in [-0.3, -0.25) is 0 Å². The first kappa shape index (κ1) is 22.2. The molecule has 2 heterocycles. The number of rotatable bonds is 8. The summed E-state index contributed by atoms with van der Waals surface area (Å²) in [6, 6.07) is 16.8. The van der Waals surface area contributed by atoms with Crippen LogP contribution in [0.1, 0.15) is 43.9 Å². The summed E-state index contributed by atoms with van der Waals surface area (Å²) in [5.74, 6) is 2.61. The third kappa shape index (κ3) is 5.14. The zero-order chi connectivity index (χ0) is 22.6. The lowest BCUT2D eigenvalue weighted by Crippen LogP contribution is -2.10. The second kappa shape index (κ2) is 10.1. The van der Waals surface area contributed by atoms with Gasteiger partial charge in [-0.1, -0.05) is 35.5 Å². The lowest BCUT2D eigenvalue weighted by atomic mass is 10.1. The van der Waals surface area contributed by atoms with Crippen LogP contribution in [0.3, 0.4) is 0 Å². The van der Waals surface area contributed by atoms with Crippen LogP contribution in [0.25, 0.3) is 22.0 Å². The molecule has 0 aliphatic heterocycles. The molecule has 0 bridgehead atoms. The molecule has 0 N–H and O–H groups in total. The largest absolute Gasteiger partial charge is 0.490 e. The Balaban J connectivity index is 1.26. The average molecular weight is 477 g/mol. The second-order valence-corrected chi connectivity index (χ2v) is 10.2. The number of thiazole rings is 1. The fraction of sp³-hybridized carbons (Fsp3) is 0.346. The van der Waals surface area contributed by atoms with E-state index in [0.29, 0.717) is 6.10 Å². The SMILES string of the molecule is CCn1c(SCc2csc(-c3cccc(C)c3)n2)nnc1-c1ccc(OC2CCCC2)cc1. The summed E-state index contributed by atoms with van der Waals surface area (Å²) in [6.07, 6.45) is 5.25. The van der Waals surface area contributed by atoms with Crippen LogP contribution in [0.5, 0.6) is 5.75 Å². The zero-order valence-corrected chi connectivity index (χ0v) is 20.7. The van der Waals surface area contributed by atoms with Gasteiger partial charge in [0.1, 0.15) is 10.8 Å². The summed E-state index contributed by atoms with van der Waals surface area (Å²) in [5, 5.41) is 13.1. The lowest BCUT2D eigenvalue weighted by molar-refractivity contribution is 0.210. The molecule has 0 amide bonds. The van der Waals surface area contributed by atoms with Gasteiger partial charge in [0.2, 0.25) is 0 Å². The smallest absolute Gasteiger partial charge is 0.191 e. The van der Waals surface area contributed by atoms with E-state index in [1.165, 1.54) is 24.0 Å². The standard InChI is InChI=1S/C26H28N4OS2/c1-3-30-24(19-11-13-23(14-12-19)31-22-9-4-5-10-22)28-29-26(30)33-17-21-16-32-25(27-21)20-8-6-7-18(2)15-20/h6-8,11-16,22H,3-5,9-10,17H2,1-2H3. The first-order valence-electron chi connectivity index (χ1n) is 11.5. The predicted octanol–water partition coefficient (Wildman–Crippen LogP) is 7.01. The minimum absolute atomic E-state index is 0.371. The summed E-state index contributed by atoms with van der Waals surface area (Å²) >= 11 is 3.38. The van der Waals surface area contributed by atoms with Crippen molar-refractivity contribution in [2.45, 2.75) is 63.1 Å².